The minimum Gasteiger partial charge on any atom is -0.480 e. The molecule has 2 aromatic rings. The van der Waals surface area contributed by atoms with Crippen LogP contribution in [0.3, 0.4) is 0 Å². The van der Waals surface area contributed by atoms with Crippen molar-refractivity contribution in [2.24, 2.45) is 17.8 Å². The van der Waals surface area contributed by atoms with Gasteiger partial charge >= 0.3 is 12.1 Å². The molecule has 1 saturated carbocycles. The number of pyridine rings is 1. The number of hydrogen-bond donors (Lipinski definition) is 1. The summed E-state index contributed by atoms with van der Waals surface area (Å²) in [6.45, 7) is 4.75. The first kappa shape index (κ1) is 30.0. The number of rotatable bonds is 10. The van der Waals surface area contributed by atoms with E-state index < -0.39 is 17.7 Å². The average Bonchev–Trinajstić information content (AvgIpc) is 3.37. The van der Waals surface area contributed by atoms with Gasteiger partial charge in [0.05, 0.1) is 5.56 Å². The first-order chi connectivity index (χ1) is 19.8. The highest BCUT2D eigenvalue weighted by molar-refractivity contribution is 5.74. The van der Waals surface area contributed by atoms with Crippen molar-refractivity contribution in [2.45, 2.75) is 82.3 Å². The highest BCUT2D eigenvalue weighted by Crippen LogP contribution is 2.39. The van der Waals surface area contributed by atoms with E-state index in [1.165, 1.54) is 18.1 Å². The molecule has 0 bridgehead atoms. The number of nitrogens with zero attached hydrogens (tertiary/aromatic N) is 3. The summed E-state index contributed by atoms with van der Waals surface area (Å²) in [5.41, 5.74) is 1.35. The van der Waals surface area contributed by atoms with Gasteiger partial charge in [0, 0.05) is 37.4 Å². The quantitative estimate of drug-likeness (QED) is 0.337. The lowest BCUT2D eigenvalue weighted by Gasteiger charge is -2.35. The third-order valence-corrected chi connectivity index (χ3v) is 9.84. The summed E-state index contributed by atoms with van der Waals surface area (Å²) in [4.78, 5) is 21.4. The van der Waals surface area contributed by atoms with E-state index in [-0.39, 0.29) is 12.0 Å². The van der Waals surface area contributed by atoms with Gasteiger partial charge in [-0.05, 0) is 93.5 Å². The number of aromatic nitrogens is 1. The topological polar surface area (TPSA) is 56.7 Å². The van der Waals surface area contributed by atoms with Gasteiger partial charge in [0.25, 0.3) is 0 Å². The van der Waals surface area contributed by atoms with Gasteiger partial charge in [0.1, 0.15) is 6.04 Å². The molecule has 3 heterocycles. The molecule has 0 radical (unpaired) electrons. The largest absolute Gasteiger partial charge is 0.480 e. The van der Waals surface area contributed by atoms with Crippen molar-refractivity contribution < 1.29 is 23.1 Å². The van der Waals surface area contributed by atoms with Crippen LogP contribution in [0.1, 0.15) is 80.5 Å². The SMILES string of the molecule is O=C(O)C(C1CCCCC1)N1CC(CN2CCC(CCCc3ccc(C(F)(F)F)cn3)CC2)C(c2ccccc2)C1. The summed E-state index contributed by atoms with van der Waals surface area (Å²) in [7, 11) is 0. The van der Waals surface area contributed by atoms with Crippen LogP contribution in [0.4, 0.5) is 13.2 Å². The molecule has 2 saturated heterocycles. The lowest BCUT2D eigenvalue weighted by Crippen LogP contribution is -2.46. The molecule has 2 aliphatic heterocycles. The van der Waals surface area contributed by atoms with Gasteiger partial charge in [-0.3, -0.25) is 14.7 Å². The minimum atomic E-state index is -4.34. The standard InChI is InChI=1S/C33H44F3N3O2/c34-33(35,36)28-14-15-29(37-20-28)13-7-8-24-16-18-38(19-17-24)21-27-22-39(23-30(27)25-9-3-1-4-10-25)31(32(40)41)26-11-5-2-6-12-26/h1,3-4,9-10,14-15,20,24,26-27,30-31H,2,5-8,11-13,16-19,21-23H2,(H,40,41). The number of benzene rings is 1. The maximum atomic E-state index is 12.8. The van der Waals surface area contributed by atoms with Crippen LogP contribution in [0.15, 0.2) is 48.7 Å². The molecule has 5 rings (SSSR count). The fraction of sp³-hybridized carbons (Fsp3) is 0.636. The molecule has 41 heavy (non-hydrogen) atoms. The molecule has 1 aromatic heterocycles. The number of aryl methyl sites for hydroxylation is 1. The fourth-order valence-electron chi connectivity index (χ4n) is 7.60. The Morgan fingerprint density at radius 3 is 2.34 bits per heavy atom. The van der Waals surface area contributed by atoms with E-state index in [0.29, 0.717) is 24.2 Å². The molecule has 5 nitrogen and oxygen atoms in total. The molecular formula is C33H44F3N3O2. The zero-order valence-corrected chi connectivity index (χ0v) is 23.9. The molecule has 3 unspecified atom stereocenters. The van der Waals surface area contributed by atoms with Crippen LogP contribution in [0.5, 0.6) is 0 Å². The molecule has 1 N–H and O–H groups in total. The first-order valence-electron chi connectivity index (χ1n) is 15.5. The van der Waals surface area contributed by atoms with Crippen LogP contribution in [0.25, 0.3) is 0 Å². The number of hydrogen-bond acceptors (Lipinski definition) is 4. The second-order valence-corrected chi connectivity index (χ2v) is 12.6. The van der Waals surface area contributed by atoms with Crippen LogP contribution in [-0.4, -0.2) is 64.6 Å². The van der Waals surface area contributed by atoms with Gasteiger partial charge in [-0.2, -0.15) is 13.2 Å². The zero-order valence-electron chi connectivity index (χ0n) is 23.9. The Morgan fingerprint density at radius 1 is 0.976 bits per heavy atom. The Balaban J connectivity index is 1.13. The maximum Gasteiger partial charge on any atom is 0.417 e. The monoisotopic (exact) mass is 571 g/mol. The van der Waals surface area contributed by atoms with Gasteiger partial charge in [0.2, 0.25) is 0 Å². The number of piperidine rings is 1. The summed E-state index contributed by atoms with van der Waals surface area (Å²) < 4.78 is 38.3. The van der Waals surface area contributed by atoms with E-state index in [1.807, 2.05) is 6.07 Å². The molecule has 3 aliphatic rings. The van der Waals surface area contributed by atoms with E-state index in [2.05, 4.69) is 39.0 Å². The second kappa shape index (κ2) is 13.7. The van der Waals surface area contributed by atoms with Crippen molar-refractivity contribution >= 4 is 5.97 Å². The Bertz CT molecular complexity index is 1100. The van der Waals surface area contributed by atoms with Crippen LogP contribution in [0, 0.1) is 17.8 Å². The smallest absolute Gasteiger partial charge is 0.417 e. The Kier molecular flexibility index (Phi) is 10.0. The Morgan fingerprint density at radius 2 is 1.71 bits per heavy atom. The molecule has 3 fully saturated rings. The fourth-order valence-corrected chi connectivity index (χ4v) is 7.60. The number of likely N-dealkylation sites (tertiary alicyclic amines) is 2. The highest BCUT2D eigenvalue weighted by atomic mass is 19.4. The van der Waals surface area contributed by atoms with Gasteiger partial charge < -0.3 is 10.0 Å². The van der Waals surface area contributed by atoms with Crippen LogP contribution < -0.4 is 0 Å². The first-order valence-corrected chi connectivity index (χ1v) is 15.5. The summed E-state index contributed by atoms with van der Waals surface area (Å²) in [5, 5.41) is 10.3. The normalized spacial score (nSPS) is 24.5. The summed E-state index contributed by atoms with van der Waals surface area (Å²) in [5.74, 6) is 0.982. The minimum absolute atomic E-state index is 0.255. The lowest BCUT2D eigenvalue weighted by atomic mass is 9.83. The molecular weight excluding hydrogens is 527 g/mol. The van der Waals surface area contributed by atoms with Crippen molar-refractivity contribution in [1.29, 1.82) is 0 Å². The van der Waals surface area contributed by atoms with Crippen molar-refractivity contribution in [2.75, 3.05) is 32.7 Å². The van der Waals surface area contributed by atoms with Gasteiger partial charge in [-0.15, -0.1) is 0 Å². The van der Waals surface area contributed by atoms with E-state index >= 15 is 0 Å². The van der Waals surface area contributed by atoms with E-state index in [0.717, 1.165) is 102 Å². The summed E-state index contributed by atoms with van der Waals surface area (Å²) in [6.07, 6.45) is 7.14. The third kappa shape index (κ3) is 7.89. The summed E-state index contributed by atoms with van der Waals surface area (Å²) in [6, 6.07) is 12.9. The molecule has 224 valence electrons. The molecule has 8 heteroatoms. The van der Waals surface area contributed by atoms with Crippen molar-refractivity contribution in [1.82, 2.24) is 14.8 Å². The molecule has 0 spiro atoms. The lowest BCUT2D eigenvalue weighted by molar-refractivity contribution is -0.145. The molecule has 0 amide bonds. The predicted octanol–water partition coefficient (Wildman–Crippen LogP) is 6.88. The average molecular weight is 572 g/mol. The molecule has 3 atom stereocenters. The number of alkyl halides is 3. The molecule has 1 aliphatic carbocycles. The van der Waals surface area contributed by atoms with Gasteiger partial charge in [-0.1, -0.05) is 49.6 Å². The number of carbonyl (C=O) groups is 1. The van der Waals surface area contributed by atoms with Crippen molar-refractivity contribution in [3.05, 3.63) is 65.5 Å². The van der Waals surface area contributed by atoms with Crippen LogP contribution in [-0.2, 0) is 17.4 Å². The number of halogens is 3. The number of carboxylic acid groups (broad SMARTS) is 1. The number of aliphatic carboxylic acids is 1. The van der Waals surface area contributed by atoms with Gasteiger partial charge in [-0.25, -0.2) is 0 Å². The highest BCUT2D eigenvalue weighted by Gasteiger charge is 2.43. The van der Waals surface area contributed by atoms with E-state index in [4.69, 9.17) is 0 Å². The Labute approximate surface area is 242 Å². The van der Waals surface area contributed by atoms with Crippen LogP contribution >= 0.6 is 0 Å². The predicted molar refractivity (Wildman–Crippen MR) is 154 cm³/mol. The maximum absolute atomic E-state index is 12.8. The van der Waals surface area contributed by atoms with E-state index in [1.54, 1.807) is 0 Å². The molecule has 1 aromatic carbocycles. The Hall–Kier alpha value is -2.45. The van der Waals surface area contributed by atoms with Gasteiger partial charge in [0.15, 0.2) is 0 Å². The van der Waals surface area contributed by atoms with E-state index in [9.17, 15) is 23.1 Å². The summed E-state index contributed by atoms with van der Waals surface area (Å²) >= 11 is 0. The van der Waals surface area contributed by atoms with Crippen molar-refractivity contribution in [3.8, 4) is 0 Å². The third-order valence-electron chi connectivity index (χ3n) is 9.84. The van der Waals surface area contributed by atoms with Crippen molar-refractivity contribution in [3.63, 3.8) is 0 Å². The zero-order chi connectivity index (χ0) is 28.8. The van der Waals surface area contributed by atoms with Crippen LogP contribution in [0.2, 0.25) is 0 Å². The second-order valence-electron chi connectivity index (χ2n) is 12.6. The number of carboxylic acids is 1.